The zero-order chi connectivity index (χ0) is 22.5. The third kappa shape index (κ3) is 3.97. The molecule has 32 heavy (non-hydrogen) atoms. The average Bonchev–Trinajstić information content (AvgIpc) is 3.23. The van der Waals surface area contributed by atoms with Crippen LogP contribution in [-0.2, 0) is 14.3 Å². The van der Waals surface area contributed by atoms with Crippen LogP contribution < -0.4 is 16.2 Å². The molecule has 2 aliphatic carbocycles. The first kappa shape index (κ1) is 22.6. The zero-order valence-corrected chi connectivity index (χ0v) is 19.9. The van der Waals surface area contributed by atoms with E-state index < -0.39 is 0 Å². The molecule has 3 heterocycles. The second kappa shape index (κ2) is 8.85. The van der Waals surface area contributed by atoms with Crippen molar-refractivity contribution >= 4 is 11.8 Å². The number of amides is 2. The summed E-state index contributed by atoms with van der Waals surface area (Å²) in [6.07, 6.45) is 8.91. The highest BCUT2D eigenvalue weighted by Gasteiger charge is 2.55. The summed E-state index contributed by atoms with van der Waals surface area (Å²) >= 11 is 0. The zero-order valence-electron chi connectivity index (χ0n) is 19.9. The fourth-order valence-electron chi connectivity index (χ4n) is 7.03. The molecule has 5 rings (SSSR count). The van der Waals surface area contributed by atoms with E-state index in [9.17, 15) is 9.59 Å². The lowest BCUT2D eigenvalue weighted by Crippen LogP contribution is -2.58. The molecule has 0 radical (unpaired) electrons. The first-order valence-corrected chi connectivity index (χ1v) is 12.8. The van der Waals surface area contributed by atoms with E-state index in [1.165, 1.54) is 25.7 Å². The molecule has 0 spiro atoms. The number of ether oxygens (including phenoxy) is 1. The lowest BCUT2D eigenvalue weighted by atomic mass is 9.84. The Morgan fingerprint density at radius 1 is 1.12 bits per heavy atom. The van der Waals surface area contributed by atoms with Crippen molar-refractivity contribution in [2.24, 2.45) is 11.8 Å². The first-order chi connectivity index (χ1) is 15.4. The minimum absolute atomic E-state index is 0.0419. The van der Waals surface area contributed by atoms with Gasteiger partial charge in [0.1, 0.15) is 6.04 Å². The molecular weight excluding hydrogens is 406 g/mol. The summed E-state index contributed by atoms with van der Waals surface area (Å²) in [5.74, 6) is 1.15. The quantitative estimate of drug-likeness (QED) is 0.564. The third-order valence-electron chi connectivity index (χ3n) is 8.75. The first-order valence-electron chi connectivity index (χ1n) is 12.8. The molecule has 8 nitrogen and oxygen atoms in total. The fraction of sp³-hybridized carbons (Fsp3) is 0.917. The number of piperidine rings is 1. The summed E-state index contributed by atoms with van der Waals surface area (Å²) in [6.45, 7) is 6.19. The van der Waals surface area contributed by atoms with Crippen LogP contribution in [-0.4, -0.2) is 84.2 Å². The van der Waals surface area contributed by atoms with Crippen LogP contribution in [0.3, 0.4) is 0 Å². The predicted molar refractivity (Wildman–Crippen MR) is 122 cm³/mol. The van der Waals surface area contributed by atoms with Crippen molar-refractivity contribution < 1.29 is 14.3 Å². The van der Waals surface area contributed by atoms with E-state index >= 15 is 0 Å². The minimum Gasteiger partial charge on any atom is -0.382 e. The van der Waals surface area contributed by atoms with Crippen LogP contribution in [0.2, 0.25) is 0 Å². The van der Waals surface area contributed by atoms with E-state index in [0.29, 0.717) is 25.1 Å². The molecule has 0 aromatic carbocycles. The number of nitrogens with one attached hydrogen (secondary N) is 3. The largest absolute Gasteiger partial charge is 0.382 e. The van der Waals surface area contributed by atoms with Gasteiger partial charge in [0, 0.05) is 44.2 Å². The van der Waals surface area contributed by atoms with Gasteiger partial charge >= 0.3 is 0 Å². The molecule has 0 bridgehead atoms. The van der Waals surface area contributed by atoms with Crippen LogP contribution in [0.4, 0.5) is 0 Å². The van der Waals surface area contributed by atoms with Gasteiger partial charge in [-0.25, -0.2) is 5.43 Å². The van der Waals surface area contributed by atoms with Gasteiger partial charge in [-0.05, 0) is 58.3 Å². The molecule has 0 aromatic rings. The number of hydrogen-bond donors (Lipinski definition) is 3. The van der Waals surface area contributed by atoms with Crippen molar-refractivity contribution in [2.45, 2.75) is 101 Å². The van der Waals surface area contributed by atoms with Crippen molar-refractivity contribution in [3.05, 3.63) is 0 Å². The molecule has 2 amide bonds. The summed E-state index contributed by atoms with van der Waals surface area (Å²) in [5, 5.41) is 3.65. The number of hydrogen-bond acceptors (Lipinski definition) is 6. The number of methoxy groups -OCH3 is 1. The van der Waals surface area contributed by atoms with E-state index in [-0.39, 0.29) is 47.4 Å². The van der Waals surface area contributed by atoms with Gasteiger partial charge < -0.3 is 19.9 Å². The number of hydrazine groups is 1. The maximum absolute atomic E-state index is 13.8. The molecule has 5 fully saturated rings. The Bertz CT molecular complexity index is 712. The molecule has 6 unspecified atom stereocenters. The average molecular weight is 448 g/mol. The van der Waals surface area contributed by atoms with Crippen LogP contribution in [0, 0.1) is 11.8 Å². The Morgan fingerprint density at radius 3 is 2.59 bits per heavy atom. The van der Waals surface area contributed by atoms with Gasteiger partial charge in [-0.3, -0.25) is 15.0 Å². The van der Waals surface area contributed by atoms with Gasteiger partial charge in [0.2, 0.25) is 11.8 Å². The molecule has 6 atom stereocenters. The predicted octanol–water partition coefficient (Wildman–Crippen LogP) is 1.02. The second-order valence-electron chi connectivity index (χ2n) is 11.2. The van der Waals surface area contributed by atoms with Gasteiger partial charge in [0.25, 0.3) is 0 Å². The topological polar surface area (TPSA) is 85.9 Å². The molecule has 5 aliphatic rings. The molecular formula is C24H41N5O3. The van der Waals surface area contributed by atoms with Gasteiger partial charge in [0.05, 0.1) is 18.2 Å². The molecule has 8 heteroatoms. The van der Waals surface area contributed by atoms with Crippen molar-refractivity contribution in [2.75, 3.05) is 26.8 Å². The van der Waals surface area contributed by atoms with Crippen molar-refractivity contribution in [1.29, 1.82) is 0 Å². The highest BCUT2D eigenvalue weighted by atomic mass is 16.5. The summed E-state index contributed by atoms with van der Waals surface area (Å²) in [6, 6.07) is 0.535. The second-order valence-corrected chi connectivity index (χ2v) is 11.2. The van der Waals surface area contributed by atoms with E-state index in [1.54, 1.807) is 7.11 Å². The fourth-order valence-corrected chi connectivity index (χ4v) is 7.03. The number of rotatable bonds is 6. The molecule has 3 saturated heterocycles. The number of fused-ring (bicyclic) bond motifs is 2. The Balaban J connectivity index is 1.26. The van der Waals surface area contributed by atoms with E-state index in [0.717, 1.165) is 32.2 Å². The van der Waals surface area contributed by atoms with Crippen LogP contribution in [0.1, 0.15) is 65.2 Å². The Labute approximate surface area is 192 Å². The van der Waals surface area contributed by atoms with E-state index in [2.05, 4.69) is 34.9 Å². The number of carbonyl (C=O) groups excluding carboxylic acids is 2. The lowest BCUT2D eigenvalue weighted by molar-refractivity contribution is -0.143. The van der Waals surface area contributed by atoms with Crippen LogP contribution in [0.5, 0.6) is 0 Å². The molecule has 0 aromatic heterocycles. The smallest absolute Gasteiger partial charge is 0.242 e. The summed E-state index contributed by atoms with van der Waals surface area (Å²) < 4.78 is 5.48. The molecule has 2 saturated carbocycles. The van der Waals surface area contributed by atoms with Crippen molar-refractivity contribution in [1.82, 2.24) is 26.0 Å². The Kier molecular flexibility index (Phi) is 6.24. The Morgan fingerprint density at radius 2 is 1.91 bits per heavy atom. The maximum Gasteiger partial charge on any atom is 0.242 e. The van der Waals surface area contributed by atoms with Crippen LogP contribution in [0.25, 0.3) is 0 Å². The van der Waals surface area contributed by atoms with Gasteiger partial charge in [-0.15, -0.1) is 0 Å². The van der Waals surface area contributed by atoms with Gasteiger partial charge in [0.15, 0.2) is 0 Å². The van der Waals surface area contributed by atoms with Crippen LogP contribution in [0.15, 0.2) is 0 Å². The highest BCUT2D eigenvalue weighted by Crippen LogP contribution is 2.44. The summed E-state index contributed by atoms with van der Waals surface area (Å²) in [5.41, 5.74) is 6.53. The summed E-state index contributed by atoms with van der Waals surface area (Å²) in [4.78, 5) is 31.3. The maximum atomic E-state index is 13.8. The molecule has 180 valence electrons. The van der Waals surface area contributed by atoms with E-state index in [4.69, 9.17) is 4.74 Å². The third-order valence-corrected chi connectivity index (χ3v) is 8.75. The molecule has 3 aliphatic heterocycles. The van der Waals surface area contributed by atoms with Gasteiger partial charge in [-0.1, -0.05) is 12.8 Å². The standard InChI is InChI=1S/C24H41N5O3/c1-15(2)29(24(9-10-24)14-32-3)23(31)21-17-13-28(11-8-19(17)26-27-21)22(30)20-12-16-6-4-5-7-18(16)25-20/h15-21,25-27H,4-14H2,1-3H3. The van der Waals surface area contributed by atoms with Gasteiger partial charge in [-0.2, -0.15) is 0 Å². The highest BCUT2D eigenvalue weighted by molar-refractivity contribution is 5.85. The minimum atomic E-state index is -0.300. The van der Waals surface area contributed by atoms with Crippen molar-refractivity contribution in [3.63, 3.8) is 0 Å². The number of nitrogens with zero attached hydrogens (tertiary/aromatic N) is 2. The van der Waals surface area contributed by atoms with Crippen molar-refractivity contribution in [3.8, 4) is 0 Å². The number of likely N-dealkylation sites (tertiary alicyclic amines) is 1. The summed E-state index contributed by atoms with van der Waals surface area (Å²) in [7, 11) is 1.71. The lowest BCUT2D eigenvalue weighted by Gasteiger charge is -2.40. The SMILES string of the molecule is COCC1(N(C(=O)C2NNC3CCN(C(=O)C4CC5CCCCC5N4)CC32)C(C)C)CC1. The normalized spacial score (nSPS) is 37.8. The monoisotopic (exact) mass is 447 g/mol. The van der Waals surface area contributed by atoms with Crippen LogP contribution >= 0.6 is 0 Å². The van der Waals surface area contributed by atoms with E-state index in [1.807, 2.05) is 4.90 Å². The number of carbonyl (C=O) groups is 2. The molecule has 3 N–H and O–H groups in total. The Hall–Kier alpha value is -1.22.